The third-order valence-corrected chi connectivity index (χ3v) is 8.84. The standard InChI is InChI=1S/C26H34N6O3S/c1-13-18(23-30-20-17(36-23)9-11-27-19(20)15-6-7-15)22(31-24(29-13)28-12-14-4-5-14)32-26(35)10-8-16(21(26)33)25(2,3)34/h9,11,14-16,21,33-35H,4-8,10,12H2,1-3H3,(H2,28,29,31,32). The monoisotopic (exact) mass is 510 g/mol. The molecule has 3 aromatic rings. The number of nitrogens with one attached hydrogen (secondary N) is 2. The molecule has 0 amide bonds. The van der Waals surface area contributed by atoms with Gasteiger partial charge in [-0.05, 0) is 71.3 Å². The molecule has 3 aliphatic carbocycles. The van der Waals surface area contributed by atoms with Crippen LogP contribution in [0.1, 0.15) is 69.7 Å². The van der Waals surface area contributed by atoms with Crippen molar-refractivity contribution >= 4 is 33.3 Å². The molecular weight excluding hydrogens is 476 g/mol. The summed E-state index contributed by atoms with van der Waals surface area (Å²) in [6.07, 6.45) is 6.16. The van der Waals surface area contributed by atoms with Crippen molar-refractivity contribution in [2.45, 2.75) is 82.6 Å². The van der Waals surface area contributed by atoms with E-state index in [4.69, 9.17) is 15.0 Å². The van der Waals surface area contributed by atoms with Gasteiger partial charge in [-0.3, -0.25) is 4.98 Å². The van der Waals surface area contributed by atoms with E-state index in [1.165, 1.54) is 12.8 Å². The van der Waals surface area contributed by atoms with Gasteiger partial charge in [0.25, 0.3) is 0 Å². The van der Waals surface area contributed by atoms with Gasteiger partial charge >= 0.3 is 0 Å². The molecule has 5 N–H and O–H groups in total. The number of aromatic nitrogens is 4. The number of fused-ring (bicyclic) bond motifs is 1. The van der Waals surface area contributed by atoms with Crippen LogP contribution in [0.25, 0.3) is 20.8 Å². The molecule has 9 nitrogen and oxygen atoms in total. The average Bonchev–Trinajstić information content (AvgIpc) is 3.73. The van der Waals surface area contributed by atoms with Crippen LogP contribution in [0, 0.1) is 18.8 Å². The number of pyridine rings is 1. The van der Waals surface area contributed by atoms with E-state index in [0.717, 1.165) is 46.0 Å². The number of hydrogen-bond acceptors (Lipinski definition) is 10. The molecule has 0 bridgehead atoms. The first-order chi connectivity index (χ1) is 17.1. The van der Waals surface area contributed by atoms with Gasteiger partial charge in [-0.1, -0.05) is 0 Å². The van der Waals surface area contributed by atoms with Gasteiger partial charge in [-0.25, -0.2) is 9.97 Å². The Morgan fingerprint density at radius 1 is 1.14 bits per heavy atom. The van der Waals surface area contributed by atoms with E-state index in [9.17, 15) is 15.3 Å². The molecule has 3 aliphatic rings. The minimum Gasteiger partial charge on any atom is -0.390 e. The molecule has 36 heavy (non-hydrogen) atoms. The predicted molar refractivity (Wildman–Crippen MR) is 140 cm³/mol. The largest absolute Gasteiger partial charge is 0.390 e. The fourth-order valence-corrected chi connectivity index (χ4v) is 6.36. The Kier molecular flexibility index (Phi) is 5.71. The van der Waals surface area contributed by atoms with Gasteiger partial charge in [0, 0.05) is 24.6 Å². The smallest absolute Gasteiger partial charge is 0.224 e. The van der Waals surface area contributed by atoms with Crippen LogP contribution in [0.3, 0.4) is 0 Å². The maximum absolute atomic E-state index is 11.5. The number of nitrogens with zero attached hydrogens (tertiary/aromatic N) is 4. The van der Waals surface area contributed by atoms with Crippen LogP contribution in [-0.2, 0) is 0 Å². The summed E-state index contributed by atoms with van der Waals surface area (Å²) in [5, 5.41) is 40.4. The van der Waals surface area contributed by atoms with Crippen molar-refractivity contribution in [2.75, 3.05) is 17.2 Å². The van der Waals surface area contributed by atoms with Crippen molar-refractivity contribution in [1.82, 2.24) is 19.9 Å². The number of aliphatic hydroxyl groups excluding tert-OH is 1. The summed E-state index contributed by atoms with van der Waals surface area (Å²) in [5.74, 6) is 1.57. The predicted octanol–water partition coefficient (Wildman–Crippen LogP) is 3.80. The Hall–Kier alpha value is -2.40. The van der Waals surface area contributed by atoms with E-state index in [0.29, 0.717) is 35.6 Å². The van der Waals surface area contributed by atoms with Gasteiger partial charge in [-0.15, -0.1) is 11.3 Å². The molecule has 0 radical (unpaired) electrons. The van der Waals surface area contributed by atoms with Gasteiger partial charge in [-0.2, -0.15) is 4.98 Å². The lowest BCUT2D eigenvalue weighted by Gasteiger charge is -2.34. The number of rotatable bonds is 8. The van der Waals surface area contributed by atoms with E-state index < -0.39 is 23.3 Å². The number of aryl methyl sites for hydroxylation is 1. The summed E-state index contributed by atoms with van der Waals surface area (Å²) in [7, 11) is 0. The molecule has 192 valence electrons. The molecule has 3 heterocycles. The van der Waals surface area contributed by atoms with Crippen LogP contribution in [0.2, 0.25) is 0 Å². The molecule has 3 fully saturated rings. The number of anilines is 2. The van der Waals surface area contributed by atoms with E-state index in [1.807, 2.05) is 19.2 Å². The fourth-order valence-electron chi connectivity index (χ4n) is 5.29. The van der Waals surface area contributed by atoms with Crippen LogP contribution in [0.4, 0.5) is 11.8 Å². The van der Waals surface area contributed by atoms with Gasteiger partial charge in [0.1, 0.15) is 22.4 Å². The molecule has 0 aliphatic heterocycles. The van der Waals surface area contributed by atoms with E-state index in [-0.39, 0.29) is 6.42 Å². The average molecular weight is 511 g/mol. The Morgan fingerprint density at radius 2 is 1.92 bits per heavy atom. The highest BCUT2D eigenvalue weighted by atomic mass is 32.1. The topological polar surface area (TPSA) is 136 Å². The lowest BCUT2D eigenvalue weighted by atomic mass is 9.87. The number of hydrogen-bond donors (Lipinski definition) is 5. The summed E-state index contributed by atoms with van der Waals surface area (Å²) in [6.45, 7) is 6.06. The summed E-state index contributed by atoms with van der Waals surface area (Å²) >= 11 is 1.56. The molecule has 3 aromatic heterocycles. The molecule has 3 unspecified atom stereocenters. The summed E-state index contributed by atoms with van der Waals surface area (Å²) < 4.78 is 1.06. The van der Waals surface area contributed by atoms with Crippen LogP contribution in [-0.4, -0.2) is 59.2 Å². The first kappa shape index (κ1) is 24.0. The SMILES string of the molecule is Cc1nc(NCC2CC2)nc(NC2(O)CCC(C(C)(C)O)C2O)c1-c1nc2c(C3CC3)nccc2s1. The van der Waals surface area contributed by atoms with Gasteiger partial charge in [0.15, 0.2) is 5.72 Å². The van der Waals surface area contributed by atoms with Crippen LogP contribution < -0.4 is 10.6 Å². The van der Waals surface area contributed by atoms with Gasteiger partial charge in [0.05, 0.1) is 27.3 Å². The minimum atomic E-state index is -1.63. The Morgan fingerprint density at radius 3 is 2.58 bits per heavy atom. The summed E-state index contributed by atoms with van der Waals surface area (Å²) in [5.41, 5.74) is 0.659. The highest BCUT2D eigenvalue weighted by Crippen LogP contribution is 2.46. The van der Waals surface area contributed by atoms with Crippen molar-refractivity contribution in [1.29, 1.82) is 0 Å². The van der Waals surface area contributed by atoms with E-state index in [2.05, 4.69) is 15.6 Å². The summed E-state index contributed by atoms with van der Waals surface area (Å²) in [4.78, 5) is 19.1. The van der Waals surface area contributed by atoms with Crippen LogP contribution >= 0.6 is 11.3 Å². The van der Waals surface area contributed by atoms with Crippen molar-refractivity contribution in [2.24, 2.45) is 11.8 Å². The van der Waals surface area contributed by atoms with E-state index in [1.54, 1.807) is 25.2 Å². The summed E-state index contributed by atoms with van der Waals surface area (Å²) in [6, 6.07) is 1.99. The first-order valence-electron chi connectivity index (χ1n) is 12.9. The van der Waals surface area contributed by atoms with Crippen LogP contribution in [0.15, 0.2) is 12.3 Å². The third-order valence-electron chi connectivity index (χ3n) is 7.80. The lowest BCUT2D eigenvalue weighted by Crippen LogP contribution is -2.51. The molecule has 0 aromatic carbocycles. The Labute approximate surface area is 214 Å². The normalized spacial score (nSPS) is 26.5. The van der Waals surface area contributed by atoms with Crippen LogP contribution in [0.5, 0.6) is 0 Å². The molecule has 3 saturated carbocycles. The molecule has 0 saturated heterocycles. The second kappa shape index (κ2) is 8.58. The maximum Gasteiger partial charge on any atom is 0.224 e. The Bertz CT molecular complexity index is 1300. The third kappa shape index (κ3) is 4.44. The zero-order valence-corrected chi connectivity index (χ0v) is 21.8. The fraction of sp³-hybridized carbons (Fsp3) is 0.615. The second-order valence-electron chi connectivity index (χ2n) is 11.3. The molecule has 0 spiro atoms. The van der Waals surface area contributed by atoms with Crippen molar-refractivity contribution in [3.8, 4) is 10.6 Å². The maximum atomic E-state index is 11.5. The number of aliphatic hydroxyl groups is 3. The van der Waals surface area contributed by atoms with Gasteiger partial charge < -0.3 is 26.0 Å². The molecule has 10 heteroatoms. The first-order valence-corrected chi connectivity index (χ1v) is 13.7. The molecule has 6 rings (SSSR count). The quantitative estimate of drug-likeness (QED) is 0.287. The highest BCUT2D eigenvalue weighted by Gasteiger charge is 2.52. The van der Waals surface area contributed by atoms with Gasteiger partial charge in [0.2, 0.25) is 5.95 Å². The highest BCUT2D eigenvalue weighted by molar-refractivity contribution is 7.21. The number of thiazole rings is 1. The van der Waals surface area contributed by atoms with E-state index >= 15 is 0 Å². The second-order valence-corrected chi connectivity index (χ2v) is 12.3. The lowest BCUT2D eigenvalue weighted by molar-refractivity contribution is -0.0926. The zero-order valence-electron chi connectivity index (χ0n) is 21.0. The molecular formula is C26H34N6O3S. The van der Waals surface area contributed by atoms with Crippen molar-refractivity contribution < 1.29 is 15.3 Å². The minimum absolute atomic E-state index is 0.283. The zero-order chi connectivity index (χ0) is 25.2. The Balaban J connectivity index is 1.41. The molecule has 3 atom stereocenters. The van der Waals surface area contributed by atoms with Crippen molar-refractivity contribution in [3.63, 3.8) is 0 Å². The van der Waals surface area contributed by atoms with Crippen molar-refractivity contribution in [3.05, 3.63) is 23.7 Å².